The fourth-order valence-corrected chi connectivity index (χ4v) is 5.52. The molecule has 0 atom stereocenters. The molecule has 1 fully saturated rings. The minimum atomic E-state index is -0.460. The number of hydrogen-bond donors (Lipinski definition) is 1. The second-order valence-electron chi connectivity index (χ2n) is 8.76. The molecule has 0 radical (unpaired) electrons. The van der Waals surface area contributed by atoms with Gasteiger partial charge in [0.15, 0.2) is 0 Å². The quantitative estimate of drug-likeness (QED) is 0.223. The number of aromatic nitrogens is 1. The number of hydrogen-bond acceptors (Lipinski definition) is 5. The van der Waals surface area contributed by atoms with Gasteiger partial charge in [0.05, 0.1) is 4.91 Å². The van der Waals surface area contributed by atoms with Gasteiger partial charge in [-0.25, -0.2) is 0 Å². The van der Waals surface area contributed by atoms with Crippen molar-refractivity contribution < 1.29 is 14.4 Å². The first-order chi connectivity index (χ1) is 17.9. The average Bonchev–Trinajstić information content (AvgIpc) is 3.37. The second-order valence-corrected chi connectivity index (χ2v) is 10.6. The summed E-state index contributed by atoms with van der Waals surface area (Å²) in [6.07, 6.45) is 5.70. The van der Waals surface area contributed by atoms with Crippen LogP contribution in [0.15, 0.2) is 88.8 Å². The van der Waals surface area contributed by atoms with E-state index < -0.39 is 17.1 Å². The molecular formula is C29H25N3O3S2. The lowest BCUT2D eigenvalue weighted by Gasteiger charge is -2.12. The Morgan fingerprint density at radius 1 is 1.03 bits per heavy atom. The molecule has 1 N–H and O–H groups in total. The predicted molar refractivity (Wildman–Crippen MR) is 152 cm³/mol. The summed E-state index contributed by atoms with van der Waals surface area (Å²) in [7, 11) is 0. The average molecular weight is 528 g/mol. The molecular weight excluding hydrogens is 502 g/mol. The van der Waals surface area contributed by atoms with E-state index in [2.05, 4.69) is 41.1 Å². The lowest BCUT2D eigenvalue weighted by Crippen LogP contribution is -2.36. The van der Waals surface area contributed by atoms with Crippen LogP contribution in [0.5, 0.6) is 0 Å². The largest absolute Gasteiger partial charge is 0.342 e. The van der Waals surface area contributed by atoms with Crippen LogP contribution in [0.4, 0.5) is 10.5 Å². The molecule has 3 aromatic carbocycles. The first-order valence-corrected chi connectivity index (χ1v) is 13.8. The van der Waals surface area contributed by atoms with E-state index >= 15 is 0 Å². The van der Waals surface area contributed by atoms with Gasteiger partial charge < -0.3 is 9.88 Å². The summed E-state index contributed by atoms with van der Waals surface area (Å²) < 4.78 is 2.15. The summed E-state index contributed by atoms with van der Waals surface area (Å²) in [5, 5.41) is 3.31. The van der Waals surface area contributed by atoms with Gasteiger partial charge in [-0.05, 0) is 60.8 Å². The van der Waals surface area contributed by atoms with E-state index in [0.717, 1.165) is 38.0 Å². The number of benzene rings is 3. The van der Waals surface area contributed by atoms with Gasteiger partial charge in [0, 0.05) is 39.8 Å². The molecule has 2 heterocycles. The number of carbonyl (C=O) groups excluding carboxylic acids is 3. The first-order valence-electron chi connectivity index (χ1n) is 11.7. The van der Waals surface area contributed by atoms with Gasteiger partial charge in [0.25, 0.3) is 11.1 Å². The van der Waals surface area contributed by atoms with Crippen molar-refractivity contribution in [3.8, 4) is 0 Å². The minimum absolute atomic E-state index is 0.306. The molecule has 0 bridgehead atoms. The Kier molecular flexibility index (Phi) is 7.21. The first kappa shape index (κ1) is 24.9. The van der Waals surface area contributed by atoms with Crippen LogP contribution in [-0.2, 0) is 16.1 Å². The Morgan fingerprint density at radius 3 is 2.59 bits per heavy atom. The van der Waals surface area contributed by atoms with Gasteiger partial charge in [-0.3, -0.25) is 19.3 Å². The van der Waals surface area contributed by atoms with Crippen molar-refractivity contribution in [1.82, 2.24) is 9.47 Å². The van der Waals surface area contributed by atoms with E-state index in [9.17, 15) is 14.4 Å². The smallest absolute Gasteiger partial charge is 0.294 e. The summed E-state index contributed by atoms with van der Waals surface area (Å²) in [4.78, 5) is 40.7. The van der Waals surface area contributed by atoms with Gasteiger partial charge in [0.1, 0.15) is 6.54 Å². The standard InChI is InChI=1S/C29H25N3O3S2/c1-19-10-12-20(13-11-19)16-31-17-21(24-8-3-4-9-25(24)31)14-26-28(34)32(29(35)37-26)18-27(33)30-22-6-5-7-23(15-22)36-2/h3-15,17H,16,18H2,1-2H3,(H,30,33)/b26-14-. The van der Waals surface area contributed by atoms with Crippen LogP contribution in [0.3, 0.4) is 0 Å². The van der Waals surface area contributed by atoms with E-state index in [1.54, 1.807) is 23.9 Å². The molecule has 0 spiro atoms. The van der Waals surface area contributed by atoms with Crippen molar-refractivity contribution in [2.45, 2.75) is 18.4 Å². The number of para-hydroxylation sites is 1. The number of nitrogens with one attached hydrogen (secondary N) is 1. The summed E-state index contributed by atoms with van der Waals surface area (Å²) in [5.41, 5.74) is 4.90. The van der Waals surface area contributed by atoms with Crippen molar-refractivity contribution in [3.05, 3.63) is 101 Å². The molecule has 4 aromatic rings. The minimum Gasteiger partial charge on any atom is -0.342 e. The van der Waals surface area contributed by atoms with Crippen LogP contribution in [0, 0.1) is 6.92 Å². The third-order valence-corrected chi connectivity index (χ3v) is 7.74. The summed E-state index contributed by atoms with van der Waals surface area (Å²) in [5.74, 6) is -0.880. The lowest BCUT2D eigenvalue weighted by molar-refractivity contribution is -0.127. The number of imide groups is 1. The maximum atomic E-state index is 13.1. The van der Waals surface area contributed by atoms with Crippen molar-refractivity contribution in [2.75, 3.05) is 18.1 Å². The topological polar surface area (TPSA) is 71.4 Å². The number of anilines is 1. The summed E-state index contributed by atoms with van der Waals surface area (Å²) >= 11 is 2.43. The molecule has 1 aliphatic heterocycles. The molecule has 6 nitrogen and oxygen atoms in total. The van der Waals surface area contributed by atoms with Crippen LogP contribution in [-0.4, -0.2) is 39.3 Å². The molecule has 8 heteroatoms. The van der Waals surface area contributed by atoms with Gasteiger partial charge in [-0.15, -0.1) is 11.8 Å². The molecule has 5 rings (SSSR count). The Morgan fingerprint density at radius 2 is 1.81 bits per heavy atom. The Bertz CT molecular complexity index is 1540. The highest BCUT2D eigenvalue weighted by Crippen LogP contribution is 2.34. The summed E-state index contributed by atoms with van der Waals surface area (Å²) in [6.45, 7) is 2.42. The van der Waals surface area contributed by atoms with Gasteiger partial charge >= 0.3 is 0 Å². The molecule has 3 amide bonds. The third kappa shape index (κ3) is 5.50. The van der Waals surface area contributed by atoms with Crippen molar-refractivity contribution in [3.63, 3.8) is 0 Å². The number of fused-ring (bicyclic) bond motifs is 1. The van der Waals surface area contributed by atoms with E-state index in [4.69, 9.17) is 0 Å². The zero-order chi connectivity index (χ0) is 25.9. The number of carbonyl (C=O) groups is 3. The molecule has 1 aliphatic rings. The van der Waals surface area contributed by atoms with E-state index in [1.807, 2.05) is 54.9 Å². The van der Waals surface area contributed by atoms with Crippen molar-refractivity contribution in [2.24, 2.45) is 0 Å². The monoisotopic (exact) mass is 527 g/mol. The van der Waals surface area contributed by atoms with Crippen LogP contribution in [0.2, 0.25) is 0 Å². The molecule has 1 saturated heterocycles. The van der Waals surface area contributed by atoms with Gasteiger partial charge in [-0.2, -0.15) is 0 Å². The Hall–Kier alpha value is -3.75. The SMILES string of the molecule is CSc1cccc(NC(=O)CN2C(=O)S/C(=C\c3cn(Cc4ccc(C)cc4)c4ccccc34)C2=O)c1. The van der Waals surface area contributed by atoms with Crippen molar-refractivity contribution >= 4 is 63.2 Å². The highest BCUT2D eigenvalue weighted by molar-refractivity contribution is 8.18. The van der Waals surface area contributed by atoms with Crippen LogP contribution < -0.4 is 5.32 Å². The van der Waals surface area contributed by atoms with Crippen LogP contribution in [0.25, 0.3) is 17.0 Å². The summed E-state index contributed by atoms with van der Waals surface area (Å²) in [6, 6.07) is 23.8. The number of amides is 3. The molecule has 0 saturated carbocycles. The fraction of sp³-hybridized carbons (Fsp3) is 0.138. The number of thioether (sulfide) groups is 2. The van der Waals surface area contributed by atoms with Crippen LogP contribution >= 0.6 is 23.5 Å². The zero-order valence-electron chi connectivity index (χ0n) is 20.4. The maximum Gasteiger partial charge on any atom is 0.294 e. The molecule has 1 aromatic heterocycles. The van der Waals surface area contributed by atoms with Gasteiger partial charge in [-0.1, -0.05) is 54.1 Å². The third-order valence-electron chi connectivity index (χ3n) is 6.11. The highest BCUT2D eigenvalue weighted by atomic mass is 32.2. The normalized spacial score (nSPS) is 14.6. The van der Waals surface area contributed by atoms with E-state index in [0.29, 0.717) is 17.1 Å². The molecule has 0 aliphatic carbocycles. The van der Waals surface area contributed by atoms with Gasteiger partial charge in [0.2, 0.25) is 5.91 Å². The van der Waals surface area contributed by atoms with Crippen LogP contribution in [0.1, 0.15) is 16.7 Å². The fourth-order valence-electron chi connectivity index (χ4n) is 4.23. The maximum absolute atomic E-state index is 13.1. The molecule has 0 unspecified atom stereocenters. The van der Waals surface area contributed by atoms with E-state index in [1.165, 1.54) is 11.1 Å². The molecule has 37 heavy (non-hydrogen) atoms. The Labute approximate surface area is 223 Å². The zero-order valence-corrected chi connectivity index (χ0v) is 22.1. The number of aryl methyl sites for hydroxylation is 1. The lowest BCUT2D eigenvalue weighted by atomic mass is 10.1. The number of rotatable bonds is 7. The van der Waals surface area contributed by atoms with Crippen molar-refractivity contribution in [1.29, 1.82) is 0 Å². The predicted octanol–water partition coefficient (Wildman–Crippen LogP) is 6.39. The Balaban J connectivity index is 1.36. The van der Waals surface area contributed by atoms with E-state index in [-0.39, 0.29) is 6.54 Å². The molecule has 186 valence electrons. The number of nitrogens with zero attached hydrogens (tertiary/aromatic N) is 2. The second kappa shape index (κ2) is 10.7. The highest BCUT2D eigenvalue weighted by Gasteiger charge is 2.36.